The summed E-state index contributed by atoms with van der Waals surface area (Å²) in [4.78, 5) is 0. The van der Waals surface area contributed by atoms with Gasteiger partial charge in [-0.3, -0.25) is 0 Å². The largest absolute Gasteiger partial charge is 0.215 e. The quantitative estimate of drug-likeness (QED) is 0.605. The maximum Gasteiger partial charge on any atom is 0.211 e. The third kappa shape index (κ3) is 10.4. The molecule has 0 aliphatic rings. The Balaban J connectivity index is 3.33. The van der Waals surface area contributed by atoms with Gasteiger partial charge in [-0.2, -0.15) is 0 Å². The average molecular weight is 249 g/mol. The lowest BCUT2D eigenvalue weighted by Crippen LogP contribution is -2.27. The predicted molar refractivity (Wildman–Crippen MR) is 70.0 cm³/mol. The Morgan fingerprint density at radius 3 is 2.25 bits per heavy atom. The van der Waals surface area contributed by atoms with Crippen LogP contribution >= 0.6 is 0 Å². The number of unbranched alkanes of at least 4 members (excludes halogenated alkanes) is 3. The van der Waals surface area contributed by atoms with Crippen molar-refractivity contribution in [2.45, 2.75) is 59.3 Å². The number of sulfonamides is 1. The van der Waals surface area contributed by atoms with Crippen LogP contribution in [0.2, 0.25) is 0 Å². The van der Waals surface area contributed by atoms with E-state index in [1.54, 1.807) is 0 Å². The molecule has 0 aromatic carbocycles. The molecule has 1 N–H and O–H groups in total. The summed E-state index contributed by atoms with van der Waals surface area (Å²) >= 11 is 0. The summed E-state index contributed by atoms with van der Waals surface area (Å²) in [7, 11) is -2.99. The van der Waals surface area contributed by atoms with E-state index in [1.165, 1.54) is 19.3 Å². The molecule has 3 nitrogen and oxygen atoms in total. The minimum atomic E-state index is -2.99. The number of hydrogen-bond acceptors (Lipinski definition) is 2. The van der Waals surface area contributed by atoms with Crippen LogP contribution in [0.15, 0.2) is 0 Å². The molecule has 0 aromatic heterocycles. The minimum absolute atomic E-state index is 0.250. The Morgan fingerprint density at radius 2 is 1.69 bits per heavy atom. The van der Waals surface area contributed by atoms with Crippen molar-refractivity contribution in [3.8, 4) is 0 Å². The van der Waals surface area contributed by atoms with Crippen LogP contribution in [0.5, 0.6) is 0 Å². The van der Waals surface area contributed by atoms with E-state index in [4.69, 9.17) is 0 Å². The van der Waals surface area contributed by atoms with Crippen molar-refractivity contribution in [3.63, 3.8) is 0 Å². The van der Waals surface area contributed by atoms with Crippen molar-refractivity contribution >= 4 is 10.0 Å². The normalized spacial score (nSPS) is 12.2. The van der Waals surface area contributed by atoms with Crippen molar-refractivity contribution in [2.24, 2.45) is 5.92 Å². The number of hydrogen-bond donors (Lipinski definition) is 1. The summed E-state index contributed by atoms with van der Waals surface area (Å²) in [6.45, 7) is 6.95. The topological polar surface area (TPSA) is 46.2 Å². The molecule has 0 aliphatic carbocycles. The van der Waals surface area contributed by atoms with Crippen LogP contribution < -0.4 is 4.72 Å². The highest BCUT2D eigenvalue weighted by atomic mass is 32.2. The summed E-state index contributed by atoms with van der Waals surface area (Å²) in [6.07, 6.45) is 6.53. The minimum Gasteiger partial charge on any atom is -0.215 e. The maximum absolute atomic E-state index is 11.3. The van der Waals surface area contributed by atoms with Gasteiger partial charge in [-0.05, 0) is 18.8 Å². The molecule has 0 aliphatic heterocycles. The molecule has 0 heterocycles. The van der Waals surface area contributed by atoms with Crippen molar-refractivity contribution in [2.75, 3.05) is 12.3 Å². The summed E-state index contributed by atoms with van der Waals surface area (Å²) in [5.41, 5.74) is 0. The van der Waals surface area contributed by atoms with Gasteiger partial charge in [0.15, 0.2) is 0 Å². The van der Waals surface area contributed by atoms with Crippen LogP contribution in [0.1, 0.15) is 59.3 Å². The van der Waals surface area contributed by atoms with E-state index in [1.807, 2.05) is 6.92 Å². The lowest BCUT2D eigenvalue weighted by Gasteiger charge is -2.06. The lowest BCUT2D eigenvalue weighted by atomic mass is 10.0. The van der Waals surface area contributed by atoms with Crippen LogP contribution in [-0.4, -0.2) is 20.7 Å². The van der Waals surface area contributed by atoms with Gasteiger partial charge in [-0.15, -0.1) is 0 Å². The van der Waals surface area contributed by atoms with E-state index in [0.717, 1.165) is 18.8 Å². The van der Waals surface area contributed by atoms with E-state index in [2.05, 4.69) is 18.6 Å². The van der Waals surface area contributed by atoms with Crippen LogP contribution in [0, 0.1) is 5.92 Å². The van der Waals surface area contributed by atoms with E-state index >= 15 is 0 Å². The van der Waals surface area contributed by atoms with Crippen molar-refractivity contribution in [1.29, 1.82) is 0 Å². The van der Waals surface area contributed by atoms with Gasteiger partial charge >= 0.3 is 0 Å². The molecule has 0 saturated heterocycles. The second-order valence-electron chi connectivity index (χ2n) is 4.81. The Bertz CT molecular complexity index is 248. The summed E-state index contributed by atoms with van der Waals surface area (Å²) in [5.74, 6) is 1.03. The van der Waals surface area contributed by atoms with Crippen molar-refractivity contribution < 1.29 is 8.42 Å². The number of nitrogens with one attached hydrogen (secondary N) is 1. The highest BCUT2D eigenvalue weighted by Crippen LogP contribution is 2.09. The average Bonchev–Trinajstić information content (AvgIpc) is 2.15. The molecule has 0 spiro atoms. The molecule has 0 saturated carbocycles. The lowest BCUT2D eigenvalue weighted by molar-refractivity contribution is 0.517. The van der Waals surface area contributed by atoms with Gasteiger partial charge in [-0.25, -0.2) is 13.1 Å². The Kier molecular flexibility index (Phi) is 8.94. The molecular formula is C12H27NO2S. The van der Waals surface area contributed by atoms with Gasteiger partial charge in [0.25, 0.3) is 0 Å². The first-order valence-corrected chi connectivity index (χ1v) is 8.10. The maximum atomic E-state index is 11.3. The second-order valence-corrected chi connectivity index (χ2v) is 6.74. The fourth-order valence-corrected chi connectivity index (χ4v) is 2.74. The molecule has 4 heteroatoms. The smallest absolute Gasteiger partial charge is 0.211 e. The Labute approximate surface area is 101 Å². The molecule has 0 unspecified atom stereocenters. The molecule has 0 amide bonds. The summed E-state index contributed by atoms with van der Waals surface area (Å²) < 4.78 is 25.2. The fraction of sp³-hybridized carbons (Fsp3) is 1.00. The zero-order chi connectivity index (χ0) is 12.4. The first-order valence-electron chi connectivity index (χ1n) is 6.45. The van der Waals surface area contributed by atoms with Crippen molar-refractivity contribution in [1.82, 2.24) is 4.72 Å². The standard InChI is InChI=1S/C12H27NO2S/c1-4-11-16(14,15)13-10-8-6-5-7-9-12(2)3/h12-13H,4-11H2,1-3H3. The first-order chi connectivity index (χ1) is 7.48. The van der Waals surface area contributed by atoms with E-state index in [-0.39, 0.29) is 5.75 Å². The van der Waals surface area contributed by atoms with Crippen LogP contribution in [0.3, 0.4) is 0 Å². The Hall–Kier alpha value is -0.0900. The summed E-state index contributed by atoms with van der Waals surface area (Å²) in [6, 6.07) is 0. The van der Waals surface area contributed by atoms with Crippen LogP contribution in [0.25, 0.3) is 0 Å². The second kappa shape index (κ2) is 8.99. The number of rotatable bonds is 10. The van der Waals surface area contributed by atoms with Crippen LogP contribution in [0.4, 0.5) is 0 Å². The molecular weight excluding hydrogens is 222 g/mol. The monoisotopic (exact) mass is 249 g/mol. The molecule has 0 fully saturated rings. The van der Waals surface area contributed by atoms with Crippen LogP contribution in [-0.2, 0) is 10.0 Å². The van der Waals surface area contributed by atoms with Gasteiger partial charge in [0.1, 0.15) is 0 Å². The SMILES string of the molecule is CCCS(=O)(=O)NCCCCCCC(C)C. The molecule has 0 bridgehead atoms. The molecule has 98 valence electrons. The molecule has 0 atom stereocenters. The van der Waals surface area contributed by atoms with Gasteiger partial charge in [0.05, 0.1) is 5.75 Å². The molecule has 0 radical (unpaired) electrons. The van der Waals surface area contributed by atoms with E-state index in [0.29, 0.717) is 13.0 Å². The third-order valence-electron chi connectivity index (χ3n) is 2.50. The molecule has 0 aromatic rings. The first kappa shape index (κ1) is 15.9. The highest BCUT2D eigenvalue weighted by molar-refractivity contribution is 7.89. The summed E-state index contributed by atoms with van der Waals surface area (Å²) in [5, 5.41) is 0. The molecule has 0 rings (SSSR count). The van der Waals surface area contributed by atoms with E-state index < -0.39 is 10.0 Å². The van der Waals surface area contributed by atoms with Gasteiger partial charge in [0.2, 0.25) is 10.0 Å². The van der Waals surface area contributed by atoms with Gasteiger partial charge in [0, 0.05) is 6.54 Å². The predicted octanol–water partition coefficient (Wildman–Crippen LogP) is 2.92. The van der Waals surface area contributed by atoms with Crippen molar-refractivity contribution in [3.05, 3.63) is 0 Å². The third-order valence-corrected chi connectivity index (χ3v) is 4.09. The fourth-order valence-electron chi connectivity index (χ4n) is 1.60. The Morgan fingerprint density at radius 1 is 1.06 bits per heavy atom. The zero-order valence-electron chi connectivity index (χ0n) is 11.0. The van der Waals surface area contributed by atoms with Gasteiger partial charge < -0.3 is 0 Å². The molecule has 16 heavy (non-hydrogen) atoms. The van der Waals surface area contributed by atoms with E-state index in [9.17, 15) is 8.42 Å². The zero-order valence-corrected chi connectivity index (χ0v) is 11.8. The highest BCUT2D eigenvalue weighted by Gasteiger charge is 2.06. The van der Waals surface area contributed by atoms with Gasteiger partial charge in [-0.1, -0.05) is 46.5 Å².